The molecule has 150 valence electrons. The molecule has 1 spiro atoms. The van der Waals surface area contributed by atoms with Gasteiger partial charge in [0.2, 0.25) is 5.67 Å². The van der Waals surface area contributed by atoms with Crippen LogP contribution >= 0.6 is 0 Å². The van der Waals surface area contributed by atoms with Crippen LogP contribution in [-0.4, -0.2) is 73.1 Å². The Morgan fingerprint density at radius 2 is 2.04 bits per heavy atom. The number of rotatable bonds is 2. The lowest BCUT2D eigenvalue weighted by Gasteiger charge is -2.48. The number of piperidine rings is 1. The van der Waals surface area contributed by atoms with Gasteiger partial charge in [-0.1, -0.05) is 0 Å². The molecule has 0 bridgehead atoms. The molecule has 1 aromatic heterocycles. The minimum absolute atomic E-state index is 0.133. The number of aryl methyl sites for hydroxylation is 1. The van der Waals surface area contributed by atoms with Crippen molar-refractivity contribution in [1.82, 2.24) is 9.88 Å². The summed E-state index contributed by atoms with van der Waals surface area (Å²) in [5, 5.41) is 9.07. The van der Waals surface area contributed by atoms with Crippen molar-refractivity contribution < 1.29 is 18.7 Å². The molecule has 0 aromatic carbocycles. The molecule has 3 aliphatic rings. The van der Waals surface area contributed by atoms with Crippen LogP contribution in [0.3, 0.4) is 0 Å². The van der Waals surface area contributed by atoms with Crippen molar-refractivity contribution in [2.75, 3.05) is 50.9 Å². The lowest BCUT2D eigenvalue weighted by Crippen LogP contribution is -2.61. The number of aromatic nitrogens is 1. The van der Waals surface area contributed by atoms with E-state index in [0.717, 1.165) is 37.4 Å². The fraction of sp³-hybridized carbons (Fsp3) is 0.650. The highest BCUT2D eigenvalue weighted by molar-refractivity contribution is 5.85. The maximum Gasteiger partial charge on any atom is 0.262 e. The smallest absolute Gasteiger partial charge is 0.262 e. The van der Waals surface area contributed by atoms with Crippen LogP contribution in [-0.2, 0) is 14.3 Å². The van der Waals surface area contributed by atoms with E-state index < -0.39 is 17.2 Å². The van der Waals surface area contributed by atoms with Gasteiger partial charge in [-0.3, -0.25) is 4.79 Å². The summed E-state index contributed by atoms with van der Waals surface area (Å²) in [6.45, 7) is 4.74. The normalized spacial score (nSPS) is 27.0. The standard InChI is InChI=1S/C20H25FN4O3/c1-15-16(12-22)2-3-17(23-15)24-7-4-19(5-8-24)13-25(9-11-28-19)18(26)20(21)6-10-27-14-20/h2-3H,4-11,13-14H2,1H3. The Hall–Kier alpha value is -2.24. The Kier molecular flexibility index (Phi) is 4.98. The van der Waals surface area contributed by atoms with Crippen molar-refractivity contribution in [1.29, 1.82) is 5.26 Å². The predicted octanol–water partition coefficient (Wildman–Crippen LogP) is 1.59. The van der Waals surface area contributed by atoms with Crippen LogP contribution in [0.4, 0.5) is 10.2 Å². The molecule has 1 amide bonds. The molecule has 28 heavy (non-hydrogen) atoms. The molecule has 0 radical (unpaired) electrons. The molecule has 1 unspecified atom stereocenters. The summed E-state index contributed by atoms with van der Waals surface area (Å²) in [5.41, 5.74) is -1.01. The number of nitrogens with zero attached hydrogens (tertiary/aromatic N) is 4. The number of alkyl halides is 1. The van der Waals surface area contributed by atoms with Crippen LogP contribution in [0.25, 0.3) is 0 Å². The summed E-state index contributed by atoms with van der Waals surface area (Å²) in [6, 6.07) is 5.80. The lowest BCUT2D eigenvalue weighted by molar-refractivity contribution is -0.164. The zero-order chi connectivity index (χ0) is 19.8. The van der Waals surface area contributed by atoms with E-state index in [2.05, 4.69) is 16.0 Å². The number of anilines is 1. The van der Waals surface area contributed by atoms with Crippen molar-refractivity contribution in [3.05, 3.63) is 23.4 Å². The number of halogens is 1. The second-order valence-electron chi connectivity index (χ2n) is 7.93. The van der Waals surface area contributed by atoms with E-state index in [4.69, 9.17) is 14.7 Å². The summed E-state index contributed by atoms with van der Waals surface area (Å²) in [6.07, 6.45) is 1.62. The number of carbonyl (C=O) groups is 1. The first kappa shape index (κ1) is 19.1. The third-order valence-corrected chi connectivity index (χ3v) is 6.08. The second kappa shape index (κ2) is 7.30. The molecule has 3 fully saturated rings. The van der Waals surface area contributed by atoms with Gasteiger partial charge in [-0.25, -0.2) is 9.37 Å². The lowest BCUT2D eigenvalue weighted by atomic mass is 9.88. The third-order valence-electron chi connectivity index (χ3n) is 6.08. The highest BCUT2D eigenvalue weighted by Gasteiger charge is 2.49. The maximum atomic E-state index is 14.8. The largest absolute Gasteiger partial charge is 0.377 e. The number of nitriles is 1. The third kappa shape index (κ3) is 3.45. The van der Waals surface area contributed by atoms with Crippen molar-refractivity contribution in [3.8, 4) is 6.07 Å². The molecule has 1 atom stereocenters. The van der Waals surface area contributed by atoms with Crippen molar-refractivity contribution in [2.45, 2.75) is 37.5 Å². The predicted molar refractivity (Wildman–Crippen MR) is 99.7 cm³/mol. The number of hydrogen-bond donors (Lipinski definition) is 0. The first-order valence-corrected chi connectivity index (χ1v) is 9.77. The minimum Gasteiger partial charge on any atom is -0.377 e. The van der Waals surface area contributed by atoms with Crippen molar-refractivity contribution in [2.24, 2.45) is 0 Å². The van der Waals surface area contributed by atoms with Gasteiger partial charge in [0.15, 0.2) is 0 Å². The molecule has 8 heteroatoms. The van der Waals surface area contributed by atoms with Gasteiger partial charge in [-0.15, -0.1) is 0 Å². The van der Waals surface area contributed by atoms with Crippen LogP contribution in [0.2, 0.25) is 0 Å². The van der Waals surface area contributed by atoms with E-state index in [0.29, 0.717) is 31.9 Å². The Morgan fingerprint density at radius 1 is 1.25 bits per heavy atom. The molecule has 4 rings (SSSR count). The number of pyridine rings is 1. The second-order valence-corrected chi connectivity index (χ2v) is 7.93. The molecular weight excluding hydrogens is 363 g/mol. The fourth-order valence-electron chi connectivity index (χ4n) is 4.30. The van der Waals surface area contributed by atoms with Crippen LogP contribution in [0, 0.1) is 18.3 Å². The first-order chi connectivity index (χ1) is 13.4. The topological polar surface area (TPSA) is 78.7 Å². The Bertz CT molecular complexity index is 795. The molecule has 4 heterocycles. The van der Waals surface area contributed by atoms with Gasteiger partial charge in [-0.05, 0) is 31.9 Å². The Labute approximate surface area is 164 Å². The highest BCUT2D eigenvalue weighted by Crippen LogP contribution is 2.34. The van der Waals surface area contributed by atoms with Gasteiger partial charge >= 0.3 is 0 Å². The number of ether oxygens (including phenoxy) is 2. The SMILES string of the molecule is Cc1nc(N2CCC3(CC2)CN(C(=O)C2(F)CCOC2)CCO3)ccc1C#N. The van der Waals surface area contributed by atoms with Crippen LogP contribution < -0.4 is 4.90 Å². The molecule has 7 nitrogen and oxygen atoms in total. The minimum atomic E-state index is -1.89. The molecule has 0 aliphatic carbocycles. The Morgan fingerprint density at radius 3 is 2.68 bits per heavy atom. The number of morpholine rings is 1. The summed E-state index contributed by atoms with van der Waals surface area (Å²) < 4.78 is 26.0. The first-order valence-electron chi connectivity index (χ1n) is 9.77. The molecular formula is C20H25FN4O3. The van der Waals surface area contributed by atoms with E-state index in [1.165, 1.54) is 0 Å². The molecule has 0 N–H and O–H groups in total. The van der Waals surface area contributed by atoms with Gasteiger partial charge in [-0.2, -0.15) is 5.26 Å². The molecule has 3 saturated heterocycles. The van der Waals surface area contributed by atoms with E-state index in [9.17, 15) is 9.18 Å². The zero-order valence-electron chi connectivity index (χ0n) is 16.1. The fourth-order valence-corrected chi connectivity index (χ4v) is 4.30. The van der Waals surface area contributed by atoms with Crippen LogP contribution in [0.5, 0.6) is 0 Å². The number of amides is 1. The maximum absolute atomic E-state index is 14.8. The highest BCUT2D eigenvalue weighted by atomic mass is 19.1. The molecule has 0 saturated carbocycles. The van der Waals surface area contributed by atoms with Gasteiger partial charge in [0.05, 0.1) is 36.7 Å². The summed E-state index contributed by atoms with van der Waals surface area (Å²) in [7, 11) is 0. The van der Waals surface area contributed by atoms with Crippen LogP contribution in [0.15, 0.2) is 12.1 Å². The van der Waals surface area contributed by atoms with E-state index >= 15 is 0 Å². The summed E-state index contributed by atoms with van der Waals surface area (Å²) >= 11 is 0. The van der Waals surface area contributed by atoms with E-state index in [1.807, 2.05) is 13.0 Å². The van der Waals surface area contributed by atoms with Gasteiger partial charge in [0, 0.05) is 32.6 Å². The molecule has 3 aliphatic heterocycles. The van der Waals surface area contributed by atoms with Crippen molar-refractivity contribution >= 4 is 11.7 Å². The average molecular weight is 388 g/mol. The van der Waals surface area contributed by atoms with E-state index in [-0.39, 0.29) is 13.0 Å². The van der Waals surface area contributed by atoms with Gasteiger partial charge in [0.25, 0.3) is 5.91 Å². The quantitative estimate of drug-likeness (QED) is 0.766. The van der Waals surface area contributed by atoms with Crippen molar-refractivity contribution in [3.63, 3.8) is 0 Å². The average Bonchev–Trinajstić information content (AvgIpc) is 3.16. The summed E-state index contributed by atoms with van der Waals surface area (Å²) in [4.78, 5) is 21.0. The van der Waals surface area contributed by atoms with Gasteiger partial charge < -0.3 is 19.3 Å². The Balaban J connectivity index is 1.41. The monoisotopic (exact) mass is 388 g/mol. The molecule has 1 aromatic rings. The number of hydrogen-bond acceptors (Lipinski definition) is 6. The number of carbonyl (C=O) groups excluding carboxylic acids is 1. The van der Waals surface area contributed by atoms with Gasteiger partial charge in [0.1, 0.15) is 11.9 Å². The van der Waals surface area contributed by atoms with Crippen LogP contribution in [0.1, 0.15) is 30.5 Å². The zero-order valence-corrected chi connectivity index (χ0v) is 16.1. The van der Waals surface area contributed by atoms with E-state index in [1.54, 1.807) is 11.0 Å². The summed E-state index contributed by atoms with van der Waals surface area (Å²) in [5.74, 6) is 0.389.